The molecular weight excluding hydrogens is 238 g/mol. The molecule has 1 saturated heterocycles. The average Bonchev–Trinajstić information content (AvgIpc) is 2.43. The van der Waals surface area contributed by atoms with Crippen molar-refractivity contribution >= 4 is 0 Å². The van der Waals surface area contributed by atoms with Crippen LogP contribution in [0.25, 0.3) is 0 Å². The molecule has 0 N–H and O–H groups in total. The summed E-state index contributed by atoms with van der Waals surface area (Å²) in [5.41, 5.74) is 0. The molecule has 0 saturated carbocycles. The zero-order valence-corrected chi connectivity index (χ0v) is 12.3. The van der Waals surface area contributed by atoms with Crippen LogP contribution in [0, 0.1) is 11.8 Å². The number of likely N-dealkylation sites (tertiary alicyclic amines) is 1. The fourth-order valence-electron chi connectivity index (χ4n) is 2.58. The molecule has 1 heterocycles. The van der Waals surface area contributed by atoms with Crippen molar-refractivity contribution < 1.29 is 9.47 Å². The molecule has 0 aromatic heterocycles. The number of piperidine rings is 1. The summed E-state index contributed by atoms with van der Waals surface area (Å²) in [7, 11) is 1.68. The van der Waals surface area contributed by atoms with Crippen molar-refractivity contribution in [3.05, 3.63) is 24.3 Å². The van der Waals surface area contributed by atoms with Gasteiger partial charge in [0.15, 0.2) is 11.5 Å². The van der Waals surface area contributed by atoms with E-state index in [1.165, 1.54) is 19.5 Å². The molecule has 19 heavy (non-hydrogen) atoms. The Morgan fingerprint density at radius 2 is 1.89 bits per heavy atom. The molecule has 1 fully saturated rings. The second-order valence-corrected chi connectivity index (χ2v) is 5.54. The van der Waals surface area contributed by atoms with Crippen LogP contribution in [0.1, 0.15) is 20.3 Å². The van der Waals surface area contributed by atoms with Gasteiger partial charge in [-0.25, -0.2) is 0 Å². The Balaban J connectivity index is 1.77. The summed E-state index contributed by atoms with van der Waals surface area (Å²) in [6, 6.07) is 7.82. The van der Waals surface area contributed by atoms with Gasteiger partial charge in [-0.05, 0) is 36.9 Å². The van der Waals surface area contributed by atoms with Gasteiger partial charge in [0, 0.05) is 13.1 Å². The van der Waals surface area contributed by atoms with E-state index in [0.717, 1.165) is 36.5 Å². The third-order valence-electron chi connectivity index (χ3n) is 4.15. The lowest BCUT2D eigenvalue weighted by Gasteiger charge is -2.35. The SMILES string of the molecule is COc1ccccc1OCCN1CCC(C)C(C)C1. The highest BCUT2D eigenvalue weighted by Gasteiger charge is 2.22. The number of nitrogens with zero attached hydrogens (tertiary/aromatic N) is 1. The highest BCUT2D eigenvalue weighted by molar-refractivity contribution is 5.39. The van der Waals surface area contributed by atoms with Gasteiger partial charge in [0.1, 0.15) is 6.61 Å². The minimum atomic E-state index is 0.724. The molecule has 0 amide bonds. The van der Waals surface area contributed by atoms with Crippen molar-refractivity contribution in [2.75, 3.05) is 33.4 Å². The summed E-state index contributed by atoms with van der Waals surface area (Å²) >= 11 is 0. The van der Waals surface area contributed by atoms with Crippen molar-refractivity contribution in [3.8, 4) is 11.5 Å². The third kappa shape index (κ3) is 3.87. The zero-order valence-electron chi connectivity index (χ0n) is 12.3. The molecule has 106 valence electrons. The lowest BCUT2D eigenvalue weighted by atomic mass is 9.89. The van der Waals surface area contributed by atoms with E-state index in [2.05, 4.69) is 18.7 Å². The van der Waals surface area contributed by atoms with Gasteiger partial charge in [0.2, 0.25) is 0 Å². The van der Waals surface area contributed by atoms with Crippen LogP contribution in [0.4, 0.5) is 0 Å². The van der Waals surface area contributed by atoms with Gasteiger partial charge in [0.05, 0.1) is 7.11 Å². The van der Waals surface area contributed by atoms with E-state index in [0.29, 0.717) is 0 Å². The molecule has 0 aliphatic carbocycles. The first-order valence-corrected chi connectivity index (χ1v) is 7.19. The minimum Gasteiger partial charge on any atom is -0.493 e. The molecule has 0 spiro atoms. The average molecular weight is 263 g/mol. The van der Waals surface area contributed by atoms with Crippen LogP contribution in [0.3, 0.4) is 0 Å². The summed E-state index contributed by atoms with van der Waals surface area (Å²) in [6.07, 6.45) is 1.30. The molecule has 0 radical (unpaired) electrons. The van der Waals surface area contributed by atoms with Crippen LogP contribution in [0.15, 0.2) is 24.3 Å². The van der Waals surface area contributed by atoms with Gasteiger partial charge in [-0.15, -0.1) is 0 Å². The first kappa shape index (κ1) is 14.2. The smallest absolute Gasteiger partial charge is 0.161 e. The van der Waals surface area contributed by atoms with Crippen molar-refractivity contribution in [3.63, 3.8) is 0 Å². The van der Waals surface area contributed by atoms with Crippen LogP contribution in [-0.2, 0) is 0 Å². The Hall–Kier alpha value is -1.22. The van der Waals surface area contributed by atoms with Crippen LogP contribution in [0.5, 0.6) is 11.5 Å². The normalized spacial score (nSPS) is 24.2. The molecule has 3 heteroatoms. The van der Waals surface area contributed by atoms with Crippen molar-refractivity contribution in [2.45, 2.75) is 20.3 Å². The first-order chi connectivity index (χ1) is 9.20. The molecule has 2 atom stereocenters. The Morgan fingerprint density at radius 3 is 2.58 bits per heavy atom. The summed E-state index contributed by atoms with van der Waals surface area (Å²) in [4.78, 5) is 2.50. The van der Waals surface area contributed by atoms with Gasteiger partial charge in [-0.1, -0.05) is 26.0 Å². The monoisotopic (exact) mass is 263 g/mol. The summed E-state index contributed by atoms with van der Waals surface area (Å²) in [6.45, 7) is 8.80. The Morgan fingerprint density at radius 1 is 1.16 bits per heavy atom. The molecule has 3 nitrogen and oxygen atoms in total. The molecule has 1 aliphatic rings. The Bertz CT molecular complexity index is 394. The van der Waals surface area contributed by atoms with E-state index in [1.54, 1.807) is 7.11 Å². The zero-order chi connectivity index (χ0) is 13.7. The lowest BCUT2D eigenvalue weighted by molar-refractivity contribution is 0.119. The van der Waals surface area contributed by atoms with Crippen LogP contribution in [-0.4, -0.2) is 38.3 Å². The first-order valence-electron chi connectivity index (χ1n) is 7.19. The number of para-hydroxylation sites is 2. The van der Waals surface area contributed by atoms with E-state index >= 15 is 0 Å². The summed E-state index contributed by atoms with van der Waals surface area (Å²) in [5, 5.41) is 0. The standard InChI is InChI=1S/C16H25NO2/c1-13-8-9-17(12-14(13)2)10-11-19-16-7-5-4-6-15(16)18-3/h4-7,13-14H,8-12H2,1-3H3. The van der Waals surface area contributed by atoms with Crippen LogP contribution in [0.2, 0.25) is 0 Å². The van der Waals surface area contributed by atoms with Crippen molar-refractivity contribution in [1.82, 2.24) is 4.90 Å². The Labute approximate surface area is 116 Å². The summed E-state index contributed by atoms with van der Waals surface area (Å²) < 4.78 is 11.1. The maximum Gasteiger partial charge on any atom is 0.161 e. The number of methoxy groups -OCH3 is 1. The topological polar surface area (TPSA) is 21.7 Å². The van der Waals surface area contributed by atoms with E-state index in [4.69, 9.17) is 9.47 Å². The van der Waals surface area contributed by atoms with E-state index in [-0.39, 0.29) is 0 Å². The maximum atomic E-state index is 5.83. The van der Waals surface area contributed by atoms with Crippen LogP contribution < -0.4 is 9.47 Å². The van der Waals surface area contributed by atoms with Crippen LogP contribution >= 0.6 is 0 Å². The van der Waals surface area contributed by atoms with Crippen molar-refractivity contribution in [2.24, 2.45) is 11.8 Å². The molecule has 1 aliphatic heterocycles. The quantitative estimate of drug-likeness (QED) is 0.815. The minimum absolute atomic E-state index is 0.724. The highest BCUT2D eigenvalue weighted by Crippen LogP contribution is 2.26. The second-order valence-electron chi connectivity index (χ2n) is 5.54. The van der Waals surface area contributed by atoms with E-state index < -0.39 is 0 Å². The van der Waals surface area contributed by atoms with Gasteiger partial charge >= 0.3 is 0 Å². The second kappa shape index (κ2) is 6.80. The molecule has 2 rings (SSSR count). The number of ether oxygens (including phenoxy) is 2. The predicted molar refractivity (Wildman–Crippen MR) is 77.9 cm³/mol. The molecule has 1 aromatic rings. The number of benzene rings is 1. The highest BCUT2D eigenvalue weighted by atomic mass is 16.5. The number of hydrogen-bond acceptors (Lipinski definition) is 3. The predicted octanol–water partition coefficient (Wildman–Crippen LogP) is 3.05. The van der Waals surface area contributed by atoms with Gasteiger partial charge in [-0.3, -0.25) is 4.90 Å². The fraction of sp³-hybridized carbons (Fsp3) is 0.625. The van der Waals surface area contributed by atoms with E-state index in [1.807, 2.05) is 24.3 Å². The largest absolute Gasteiger partial charge is 0.493 e. The van der Waals surface area contributed by atoms with Crippen molar-refractivity contribution in [1.29, 1.82) is 0 Å². The van der Waals surface area contributed by atoms with Gasteiger partial charge < -0.3 is 9.47 Å². The molecule has 1 aromatic carbocycles. The number of hydrogen-bond donors (Lipinski definition) is 0. The van der Waals surface area contributed by atoms with Gasteiger partial charge in [0.25, 0.3) is 0 Å². The number of rotatable bonds is 5. The maximum absolute atomic E-state index is 5.83. The summed E-state index contributed by atoms with van der Waals surface area (Å²) in [5.74, 6) is 3.29. The Kier molecular flexibility index (Phi) is 5.08. The third-order valence-corrected chi connectivity index (χ3v) is 4.15. The molecule has 0 bridgehead atoms. The molecular formula is C16H25NO2. The molecule has 2 unspecified atom stereocenters. The van der Waals surface area contributed by atoms with E-state index in [9.17, 15) is 0 Å². The lowest BCUT2D eigenvalue weighted by Crippen LogP contribution is -2.40. The van der Waals surface area contributed by atoms with Gasteiger partial charge in [-0.2, -0.15) is 0 Å². The fourth-order valence-corrected chi connectivity index (χ4v) is 2.58.